The van der Waals surface area contributed by atoms with E-state index in [1.54, 1.807) is 0 Å². The fourth-order valence-corrected chi connectivity index (χ4v) is 6.29. The van der Waals surface area contributed by atoms with Crippen molar-refractivity contribution in [2.75, 3.05) is 19.8 Å². The largest absolute Gasteiger partial charge is 0.462 e. The number of carbonyl (C=O) groups excluding carboxylic acids is 2. The number of rotatable bonds is 36. The van der Waals surface area contributed by atoms with Crippen molar-refractivity contribution < 1.29 is 49.0 Å². The van der Waals surface area contributed by atoms with E-state index in [1.165, 1.54) is 64.2 Å². The molecule has 6 atom stereocenters. The van der Waals surface area contributed by atoms with E-state index < -0.39 is 55.4 Å². The van der Waals surface area contributed by atoms with E-state index in [-0.39, 0.29) is 26.1 Å². The highest BCUT2D eigenvalue weighted by atomic mass is 16.7. The van der Waals surface area contributed by atoms with Crippen LogP contribution in [-0.4, -0.2) is 89.0 Å². The van der Waals surface area contributed by atoms with Crippen LogP contribution >= 0.6 is 0 Å². The molecular formula is C47H80O10. The Hall–Kier alpha value is -2.60. The SMILES string of the molecule is CCC/C=C/C/C=C/C/C=C/C/C=C/CCCCCC(=O)O[C@H](COC(=O)CCCC/C=C/CCCCCCCCCCC)CO[C@@H]1O[C@H](CO)[C@H](O)C(O)C1O. The average molecular weight is 805 g/mol. The third kappa shape index (κ3) is 29.3. The number of aliphatic hydroxyl groups excluding tert-OH is 4. The summed E-state index contributed by atoms with van der Waals surface area (Å²) in [5.41, 5.74) is 0. The predicted octanol–water partition coefficient (Wildman–Crippen LogP) is 9.44. The van der Waals surface area contributed by atoms with Crippen molar-refractivity contribution in [3.8, 4) is 0 Å². The molecule has 10 heteroatoms. The summed E-state index contributed by atoms with van der Waals surface area (Å²) in [6.07, 6.45) is 38.0. The van der Waals surface area contributed by atoms with E-state index in [2.05, 4.69) is 74.6 Å². The van der Waals surface area contributed by atoms with Crippen molar-refractivity contribution in [1.82, 2.24) is 0 Å². The molecule has 1 fully saturated rings. The van der Waals surface area contributed by atoms with Gasteiger partial charge in [0.15, 0.2) is 12.4 Å². The van der Waals surface area contributed by atoms with Crippen LogP contribution in [0.25, 0.3) is 0 Å². The first-order valence-electron chi connectivity index (χ1n) is 22.4. The van der Waals surface area contributed by atoms with Gasteiger partial charge in [0.2, 0.25) is 0 Å². The van der Waals surface area contributed by atoms with Crippen LogP contribution in [0.2, 0.25) is 0 Å². The van der Waals surface area contributed by atoms with Crippen LogP contribution in [0.1, 0.15) is 168 Å². The number of aliphatic hydroxyl groups is 4. The minimum atomic E-state index is -1.61. The first kappa shape index (κ1) is 52.4. The van der Waals surface area contributed by atoms with Gasteiger partial charge in [-0.3, -0.25) is 9.59 Å². The Morgan fingerprint density at radius 1 is 0.544 bits per heavy atom. The number of unbranched alkanes of at least 4 members (excludes halogenated alkanes) is 15. The maximum absolute atomic E-state index is 12.8. The third-order valence-electron chi connectivity index (χ3n) is 9.86. The van der Waals surface area contributed by atoms with Gasteiger partial charge >= 0.3 is 11.9 Å². The van der Waals surface area contributed by atoms with Crippen LogP contribution in [0.4, 0.5) is 0 Å². The molecule has 0 radical (unpaired) electrons. The van der Waals surface area contributed by atoms with Gasteiger partial charge in [0, 0.05) is 12.8 Å². The minimum absolute atomic E-state index is 0.186. The van der Waals surface area contributed by atoms with Gasteiger partial charge < -0.3 is 39.4 Å². The molecule has 2 unspecified atom stereocenters. The lowest BCUT2D eigenvalue weighted by Crippen LogP contribution is -2.59. The van der Waals surface area contributed by atoms with Crippen LogP contribution < -0.4 is 0 Å². The first-order valence-corrected chi connectivity index (χ1v) is 22.4. The Balaban J connectivity index is 2.38. The van der Waals surface area contributed by atoms with Crippen molar-refractivity contribution in [2.45, 2.75) is 205 Å². The minimum Gasteiger partial charge on any atom is -0.462 e. The zero-order valence-corrected chi connectivity index (χ0v) is 35.6. The van der Waals surface area contributed by atoms with Gasteiger partial charge in [-0.1, -0.05) is 139 Å². The molecule has 0 saturated carbocycles. The summed E-state index contributed by atoms with van der Waals surface area (Å²) in [7, 11) is 0. The van der Waals surface area contributed by atoms with Gasteiger partial charge in [0.1, 0.15) is 31.0 Å². The Bertz CT molecular complexity index is 1110. The molecule has 328 valence electrons. The van der Waals surface area contributed by atoms with Gasteiger partial charge in [-0.25, -0.2) is 0 Å². The summed E-state index contributed by atoms with van der Waals surface area (Å²) in [6, 6.07) is 0. The highest BCUT2D eigenvalue weighted by Crippen LogP contribution is 2.22. The lowest BCUT2D eigenvalue weighted by molar-refractivity contribution is -0.305. The molecular weight excluding hydrogens is 725 g/mol. The number of ether oxygens (including phenoxy) is 4. The van der Waals surface area contributed by atoms with E-state index in [0.29, 0.717) is 12.8 Å². The summed E-state index contributed by atoms with van der Waals surface area (Å²) >= 11 is 0. The molecule has 0 amide bonds. The van der Waals surface area contributed by atoms with E-state index in [0.717, 1.165) is 64.2 Å². The van der Waals surface area contributed by atoms with Crippen molar-refractivity contribution in [3.05, 3.63) is 60.8 Å². The van der Waals surface area contributed by atoms with Crippen LogP contribution in [-0.2, 0) is 28.5 Å². The Kier molecular flexibility index (Phi) is 34.6. The second-order valence-electron chi connectivity index (χ2n) is 15.1. The van der Waals surface area contributed by atoms with Crippen LogP contribution in [0.15, 0.2) is 60.8 Å². The molecule has 1 saturated heterocycles. The maximum atomic E-state index is 12.8. The summed E-state index contributed by atoms with van der Waals surface area (Å²) in [5.74, 6) is -0.872. The van der Waals surface area contributed by atoms with Crippen LogP contribution in [0.3, 0.4) is 0 Å². The molecule has 0 aromatic rings. The molecule has 1 aliphatic heterocycles. The van der Waals surface area contributed by atoms with Gasteiger partial charge in [0.05, 0.1) is 13.2 Å². The van der Waals surface area contributed by atoms with Crippen LogP contribution in [0.5, 0.6) is 0 Å². The van der Waals surface area contributed by atoms with E-state index in [4.69, 9.17) is 18.9 Å². The fraction of sp³-hybridized carbons (Fsp3) is 0.745. The fourth-order valence-electron chi connectivity index (χ4n) is 6.29. The Morgan fingerprint density at radius 3 is 1.60 bits per heavy atom. The lowest BCUT2D eigenvalue weighted by Gasteiger charge is -2.39. The summed E-state index contributed by atoms with van der Waals surface area (Å²) in [6.45, 7) is 3.29. The Labute approximate surface area is 345 Å². The zero-order valence-electron chi connectivity index (χ0n) is 35.6. The second-order valence-corrected chi connectivity index (χ2v) is 15.1. The average Bonchev–Trinajstić information content (AvgIpc) is 3.21. The normalized spacial score (nSPS) is 20.8. The first-order chi connectivity index (χ1) is 27.8. The summed E-state index contributed by atoms with van der Waals surface area (Å²) < 4.78 is 22.1. The standard InChI is InChI=1S/C47H80O10/c1-3-5-7-9-11-13-15-17-19-20-22-24-26-28-30-32-34-36-43(50)56-40(39-55-47-46(53)45(52)44(51)41(37-48)57-47)38-54-42(49)35-33-31-29-27-25-23-21-18-16-14-12-10-8-6-4-2/h7,9,13,15,19-20,24-27,40-41,44-48,51-53H,3-6,8,10-12,14,16-18,21-23,28-39H2,1-2H3/b9-7+,15-13+,20-19+,26-24+,27-25+/t40-,41-,44+,45?,46?,47-/m1/s1. The maximum Gasteiger partial charge on any atom is 0.306 e. The van der Waals surface area contributed by atoms with Crippen molar-refractivity contribution in [3.63, 3.8) is 0 Å². The van der Waals surface area contributed by atoms with E-state index in [9.17, 15) is 30.0 Å². The van der Waals surface area contributed by atoms with E-state index in [1.807, 2.05) is 0 Å². The molecule has 4 N–H and O–H groups in total. The third-order valence-corrected chi connectivity index (χ3v) is 9.86. The molecule has 1 aliphatic rings. The summed E-state index contributed by atoms with van der Waals surface area (Å²) in [5, 5.41) is 40.1. The van der Waals surface area contributed by atoms with Crippen LogP contribution in [0, 0.1) is 0 Å². The highest BCUT2D eigenvalue weighted by Gasteiger charge is 2.44. The molecule has 0 spiro atoms. The number of esters is 2. The van der Waals surface area contributed by atoms with Gasteiger partial charge in [-0.2, -0.15) is 0 Å². The lowest BCUT2D eigenvalue weighted by atomic mass is 9.99. The number of hydrogen-bond acceptors (Lipinski definition) is 10. The smallest absolute Gasteiger partial charge is 0.306 e. The van der Waals surface area contributed by atoms with Crippen molar-refractivity contribution in [2.24, 2.45) is 0 Å². The quantitative estimate of drug-likeness (QED) is 0.0274. The molecule has 1 rings (SSSR count). The second kappa shape index (κ2) is 37.7. The van der Waals surface area contributed by atoms with E-state index >= 15 is 0 Å². The molecule has 0 aromatic heterocycles. The number of carbonyl (C=O) groups is 2. The topological polar surface area (TPSA) is 152 Å². The Morgan fingerprint density at radius 2 is 1.02 bits per heavy atom. The van der Waals surface area contributed by atoms with Gasteiger partial charge in [-0.05, 0) is 77.0 Å². The molecule has 0 aromatic carbocycles. The molecule has 1 heterocycles. The predicted molar refractivity (Wildman–Crippen MR) is 228 cm³/mol. The molecule has 57 heavy (non-hydrogen) atoms. The zero-order chi connectivity index (χ0) is 41.6. The molecule has 10 nitrogen and oxygen atoms in total. The van der Waals surface area contributed by atoms with Crippen molar-refractivity contribution >= 4 is 11.9 Å². The monoisotopic (exact) mass is 805 g/mol. The molecule has 0 bridgehead atoms. The number of allylic oxidation sites excluding steroid dienone is 10. The van der Waals surface area contributed by atoms with Gasteiger partial charge in [0.25, 0.3) is 0 Å². The van der Waals surface area contributed by atoms with Gasteiger partial charge in [-0.15, -0.1) is 0 Å². The van der Waals surface area contributed by atoms with Crippen molar-refractivity contribution in [1.29, 1.82) is 0 Å². The summed E-state index contributed by atoms with van der Waals surface area (Å²) in [4.78, 5) is 25.3. The molecule has 0 aliphatic carbocycles. The number of hydrogen-bond donors (Lipinski definition) is 4. The highest BCUT2D eigenvalue weighted by molar-refractivity contribution is 5.70.